The lowest BCUT2D eigenvalue weighted by molar-refractivity contribution is 0.172. The Balaban J connectivity index is 0.00000320. The number of aryl methyl sites for hydroxylation is 2. The van der Waals surface area contributed by atoms with E-state index < -0.39 is 16.1 Å². The predicted octanol–water partition coefficient (Wildman–Crippen LogP) is 3.28. The summed E-state index contributed by atoms with van der Waals surface area (Å²) >= 11 is 0. The molecule has 0 saturated heterocycles. The van der Waals surface area contributed by atoms with E-state index in [0.29, 0.717) is 30.9 Å². The lowest BCUT2D eigenvalue weighted by atomic mass is 10.1. The van der Waals surface area contributed by atoms with Crippen LogP contribution in [0.25, 0.3) is 10.9 Å². The lowest BCUT2D eigenvalue weighted by Crippen LogP contribution is -2.26. The van der Waals surface area contributed by atoms with Gasteiger partial charge in [0, 0.05) is 41.4 Å². The predicted molar refractivity (Wildman–Crippen MR) is 123 cm³/mol. The van der Waals surface area contributed by atoms with Crippen LogP contribution < -0.4 is 14.8 Å². The van der Waals surface area contributed by atoms with E-state index in [9.17, 15) is 13.5 Å². The van der Waals surface area contributed by atoms with Gasteiger partial charge in [0.05, 0.1) is 12.4 Å². The summed E-state index contributed by atoms with van der Waals surface area (Å²) in [6, 6.07) is 12.7. The van der Waals surface area contributed by atoms with Crippen LogP contribution in [-0.4, -0.2) is 44.5 Å². The summed E-state index contributed by atoms with van der Waals surface area (Å²) in [6.07, 6.45) is 0.339. The molecule has 3 rings (SSSR count). The second-order valence-electron chi connectivity index (χ2n) is 7.15. The molecule has 1 atom stereocenters. The number of hydrogen-bond donors (Lipinski definition) is 4. The van der Waals surface area contributed by atoms with Gasteiger partial charge in [-0.3, -0.25) is 4.72 Å². The molecule has 7 nitrogen and oxygen atoms in total. The Hall–Kier alpha value is -2.26. The van der Waals surface area contributed by atoms with E-state index in [1.165, 1.54) is 10.9 Å². The van der Waals surface area contributed by atoms with Crippen LogP contribution in [0.5, 0.6) is 5.75 Å². The summed E-state index contributed by atoms with van der Waals surface area (Å²) in [5, 5.41) is 14.7. The third kappa shape index (κ3) is 6.37. The number of anilines is 1. The number of sulfonamides is 1. The smallest absolute Gasteiger partial charge is 0.229 e. The van der Waals surface area contributed by atoms with Crippen LogP contribution in [0.3, 0.4) is 0 Å². The highest BCUT2D eigenvalue weighted by atomic mass is 35.5. The maximum Gasteiger partial charge on any atom is 0.229 e. The minimum absolute atomic E-state index is 0. The van der Waals surface area contributed by atoms with Gasteiger partial charge in [-0.15, -0.1) is 12.4 Å². The van der Waals surface area contributed by atoms with Gasteiger partial charge in [0.25, 0.3) is 0 Å². The first-order valence-electron chi connectivity index (χ1n) is 9.41. The zero-order valence-corrected chi connectivity index (χ0v) is 18.9. The first-order chi connectivity index (χ1) is 13.7. The van der Waals surface area contributed by atoms with Crippen LogP contribution in [0.2, 0.25) is 0 Å². The Morgan fingerprint density at radius 1 is 1.17 bits per heavy atom. The van der Waals surface area contributed by atoms with Gasteiger partial charge in [0.1, 0.15) is 12.4 Å². The number of aliphatic hydroxyl groups is 1. The fourth-order valence-corrected chi connectivity index (χ4v) is 3.72. The van der Waals surface area contributed by atoms with E-state index in [0.717, 1.165) is 23.2 Å². The molecule has 0 amide bonds. The second kappa shape index (κ2) is 10.2. The topological polar surface area (TPSA) is 103 Å². The van der Waals surface area contributed by atoms with Crippen LogP contribution >= 0.6 is 12.4 Å². The maximum absolute atomic E-state index is 11.3. The fourth-order valence-electron chi connectivity index (χ4n) is 3.16. The number of halogens is 1. The number of aromatic amines is 1. The number of benzene rings is 2. The molecule has 9 heteroatoms. The zero-order chi connectivity index (χ0) is 21.0. The Morgan fingerprint density at radius 3 is 2.67 bits per heavy atom. The Bertz CT molecular complexity index is 1100. The fraction of sp³-hybridized carbons (Fsp3) is 0.333. The van der Waals surface area contributed by atoms with Crippen molar-refractivity contribution in [3.63, 3.8) is 0 Å². The Kier molecular flexibility index (Phi) is 8.14. The molecular formula is C21H28ClN3O4S. The van der Waals surface area contributed by atoms with E-state index in [1.54, 1.807) is 24.3 Å². The number of fused-ring (bicyclic) bond motifs is 1. The summed E-state index contributed by atoms with van der Waals surface area (Å²) in [5.41, 5.74) is 4.53. The number of rotatable bonds is 9. The molecule has 0 unspecified atom stereocenters. The Morgan fingerprint density at radius 2 is 1.93 bits per heavy atom. The average molecular weight is 454 g/mol. The third-order valence-corrected chi connectivity index (χ3v) is 5.35. The van der Waals surface area contributed by atoms with Crippen LogP contribution in [-0.2, 0) is 10.0 Å². The van der Waals surface area contributed by atoms with Gasteiger partial charge >= 0.3 is 0 Å². The number of ether oxygens (including phenoxy) is 1. The van der Waals surface area contributed by atoms with Crippen LogP contribution in [0.1, 0.15) is 22.9 Å². The molecule has 164 valence electrons. The molecule has 1 aromatic heterocycles. The van der Waals surface area contributed by atoms with Gasteiger partial charge in [0.2, 0.25) is 10.0 Å². The standard InChI is InChI=1S/C21H27N3O4S.ClH/c1-14-15(2)23-20-12-18(7-8-19(14)20)28-10-9-22-13-21(25)16-5-4-6-17(11-16)24-29(3,26)27;/h4-8,11-12,21-25H,9-10,13H2,1-3H3;1H/t21-;/m0./s1. The van der Waals surface area contributed by atoms with Gasteiger partial charge in [0.15, 0.2) is 0 Å². The van der Waals surface area contributed by atoms with E-state index >= 15 is 0 Å². The molecule has 3 aromatic rings. The monoisotopic (exact) mass is 453 g/mol. The molecule has 0 aliphatic heterocycles. The van der Waals surface area contributed by atoms with Gasteiger partial charge < -0.3 is 20.1 Å². The van der Waals surface area contributed by atoms with Gasteiger partial charge in [-0.25, -0.2) is 8.42 Å². The number of aliphatic hydroxyl groups excluding tert-OH is 1. The number of nitrogens with one attached hydrogen (secondary N) is 3. The highest BCUT2D eigenvalue weighted by molar-refractivity contribution is 7.92. The molecule has 0 radical (unpaired) electrons. The van der Waals surface area contributed by atoms with Crippen molar-refractivity contribution in [1.82, 2.24) is 10.3 Å². The van der Waals surface area contributed by atoms with E-state index in [-0.39, 0.29) is 12.4 Å². The van der Waals surface area contributed by atoms with Crippen molar-refractivity contribution in [1.29, 1.82) is 0 Å². The summed E-state index contributed by atoms with van der Waals surface area (Å²) in [4.78, 5) is 3.35. The van der Waals surface area contributed by atoms with Gasteiger partial charge in [-0.2, -0.15) is 0 Å². The normalized spacial score (nSPS) is 12.4. The van der Waals surface area contributed by atoms with Crippen molar-refractivity contribution >= 4 is 39.0 Å². The molecule has 30 heavy (non-hydrogen) atoms. The first kappa shape index (κ1) is 24.0. The Labute approximate surface area is 183 Å². The lowest BCUT2D eigenvalue weighted by Gasteiger charge is -2.14. The van der Waals surface area contributed by atoms with E-state index in [2.05, 4.69) is 34.9 Å². The molecule has 0 spiro atoms. The summed E-state index contributed by atoms with van der Waals surface area (Å²) in [6.45, 7) is 5.51. The van der Waals surface area contributed by atoms with Crippen molar-refractivity contribution in [2.24, 2.45) is 0 Å². The quantitative estimate of drug-likeness (QED) is 0.372. The van der Waals surface area contributed by atoms with Crippen LogP contribution in [0.15, 0.2) is 42.5 Å². The van der Waals surface area contributed by atoms with E-state index in [4.69, 9.17) is 4.74 Å². The zero-order valence-electron chi connectivity index (χ0n) is 17.2. The maximum atomic E-state index is 11.3. The third-order valence-electron chi connectivity index (χ3n) is 4.74. The SMILES string of the molecule is Cc1[nH]c2cc(OCCNC[C@H](O)c3cccc(NS(C)(=O)=O)c3)ccc2c1C.Cl. The van der Waals surface area contributed by atoms with Crippen molar-refractivity contribution in [2.75, 3.05) is 30.7 Å². The molecule has 1 heterocycles. The van der Waals surface area contributed by atoms with Crippen molar-refractivity contribution in [2.45, 2.75) is 20.0 Å². The van der Waals surface area contributed by atoms with Crippen LogP contribution in [0, 0.1) is 13.8 Å². The minimum Gasteiger partial charge on any atom is -0.492 e. The minimum atomic E-state index is -3.35. The van der Waals surface area contributed by atoms with Gasteiger partial charge in [-0.05, 0) is 49.2 Å². The highest BCUT2D eigenvalue weighted by Crippen LogP contribution is 2.25. The van der Waals surface area contributed by atoms with Crippen molar-refractivity contribution in [3.8, 4) is 5.75 Å². The number of hydrogen-bond acceptors (Lipinski definition) is 5. The largest absolute Gasteiger partial charge is 0.492 e. The van der Waals surface area contributed by atoms with Crippen molar-refractivity contribution < 1.29 is 18.3 Å². The molecule has 4 N–H and O–H groups in total. The molecular weight excluding hydrogens is 426 g/mol. The number of H-pyrrole nitrogens is 1. The average Bonchev–Trinajstić information content (AvgIpc) is 2.93. The molecule has 0 bridgehead atoms. The van der Waals surface area contributed by atoms with Gasteiger partial charge in [-0.1, -0.05) is 12.1 Å². The summed E-state index contributed by atoms with van der Waals surface area (Å²) in [7, 11) is -3.35. The molecule has 0 aliphatic rings. The molecule has 0 aliphatic carbocycles. The first-order valence-corrected chi connectivity index (χ1v) is 11.3. The number of aromatic nitrogens is 1. The van der Waals surface area contributed by atoms with Crippen LogP contribution in [0.4, 0.5) is 5.69 Å². The van der Waals surface area contributed by atoms with Crippen molar-refractivity contribution in [3.05, 3.63) is 59.3 Å². The summed E-state index contributed by atoms with van der Waals surface area (Å²) in [5.74, 6) is 0.792. The summed E-state index contributed by atoms with van der Waals surface area (Å²) < 4.78 is 30.9. The highest BCUT2D eigenvalue weighted by Gasteiger charge is 2.10. The molecule has 0 saturated carbocycles. The molecule has 2 aromatic carbocycles. The molecule has 0 fully saturated rings. The van der Waals surface area contributed by atoms with E-state index in [1.807, 2.05) is 12.1 Å². The second-order valence-corrected chi connectivity index (χ2v) is 8.90.